The highest BCUT2D eigenvalue weighted by Gasteiger charge is 2.25. The number of ether oxygens (including phenoxy) is 1. The average molecular weight is 318 g/mol. The molecule has 3 rings (SSSR count). The molecule has 1 aliphatic carbocycles. The van der Waals surface area contributed by atoms with Crippen molar-refractivity contribution in [1.82, 2.24) is 0 Å². The predicted octanol–water partition coefficient (Wildman–Crippen LogP) is 3.64. The second-order valence-corrected chi connectivity index (χ2v) is 5.57. The number of hydrogen-bond donors (Lipinski definition) is 1. The minimum atomic E-state index is -0.102. The van der Waals surface area contributed by atoms with Crippen LogP contribution in [0.3, 0.4) is 0 Å². The van der Waals surface area contributed by atoms with Crippen LogP contribution in [-0.2, 0) is 22.4 Å². The molecule has 0 fully saturated rings. The van der Waals surface area contributed by atoms with Crippen molar-refractivity contribution >= 4 is 24.1 Å². The Kier molecular flexibility index (Phi) is 5.09. The molecule has 0 radical (unpaired) electrons. The van der Waals surface area contributed by atoms with Crippen molar-refractivity contribution in [2.75, 3.05) is 12.8 Å². The maximum Gasteiger partial charge on any atom is 0.309 e. The molecule has 0 bridgehead atoms. The molecule has 0 amide bonds. The first-order valence-corrected chi connectivity index (χ1v) is 7.23. The van der Waals surface area contributed by atoms with Crippen LogP contribution in [0.2, 0.25) is 0 Å². The van der Waals surface area contributed by atoms with Crippen molar-refractivity contribution in [2.45, 2.75) is 19.3 Å². The number of carbonyl (C=O) groups excluding carboxylic acids is 1. The maximum atomic E-state index is 11.7. The first-order valence-electron chi connectivity index (χ1n) is 7.23. The maximum absolute atomic E-state index is 11.7. The lowest BCUT2D eigenvalue weighted by molar-refractivity contribution is -0.145. The SMILES string of the molecule is COC(=O)C1CCc2ccc(-c3cccc(N)c3)cc2C1.Cl. The molecule has 1 atom stereocenters. The number of rotatable bonds is 2. The van der Waals surface area contributed by atoms with Crippen LogP contribution in [0.4, 0.5) is 5.69 Å². The highest BCUT2D eigenvalue weighted by Crippen LogP contribution is 2.31. The number of methoxy groups -OCH3 is 1. The summed E-state index contributed by atoms with van der Waals surface area (Å²) in [5.41, 5.74) is 11.5. The van der Waals surface area contributed by atoms with Crippen LogP contribution in [-0.4, -0.2) is 13.1 Å². The molecule has 0 aliphatic heterocycles. The van der Waals surface area contributed by atoms with E-state index in [2.05, 4.69) is 24.3 Å². The first kappa shape index (κ1) is 16.4. The molecule has 2 N–H and O–H groups in total. The summed E-state index contributed by atoms with van der Waals surface area (Å²) in [6.07, 6.45) is 2.57. The van der Waals surface area contributed by atoms with Gasteiger partial charge in [0.05, 0.1) is 13.0 Å². The van der Waals surface area contributed by atoms with Gasteiger partial charge in [-0.15, -0.1) is 12.4 Å². The summed E-state index contributed by atoms with van der Waals surface area (Å²) < 4.78 is 4.88. The van der Waals surface area contributed by atoms with E-state index in [1.165, 1.54) is 18.2 Å². The van der Waals surface area contributed by atoms with Crippen LogP contribution < -0.4 is 5.73 Å². The Morgan fingerprint density at radius 1 is 1.14 bits per heavy atom. The highest BCUT2D eigenvalue weighted by atomic mass is 35.5. The molecule has 0 heterocycles. The number of aryl methyl sites for hydroxylation is 1. The Balaban J connectivity index is 0.00000176. The summed E-state index contributed by atoms with van der Waals surface area (Å²) in [4.78, 5) is 11.7. The molecule has 0 saturated heterocycles. The zero-order chi connectivity index (χ0) is 14.8. The number of fused-ring (bicyclic) bond motifs is 1. The lowest BCUT2D eigenvalue weighted by atomic mass is 9.82. The summed E-state index contributed by atoms with van der Waals surface area (Å²) in [6.45, 7) is 0. The van der Waals surface area contributed by atoms with E-state index >= 15 is 0 Å². The van der Waals surface area contributed by atoms with E-state index in [1.54, 1.807) is 0 Å². The zero-order valence-corrected chi connectivity index (χ0v) is 13.4. The number of benzene rings is 2. The number of esters is 1. The van der Waals surface area contributed by atoms with Gasteiger partial charge in [-0.05, 0) is 53.6 Å². The van der Waals surface area contributed by atoms with E-state index in [0.717, 1.165) is 36.1 Å². The normalized spacial score (nSPS) is 16.3. The van der Waals surface area contributed by atoms with Crippen LogP contribution in [0.1, 0.15) is 17.5 Å². The van der Waals surface area contributed by atoms with Crippen molar-refractivity contribution in [2.24, 2.45) is 5.92 Å². The fraction of sp³-hybridized carbons (Fsp3) is 0.278. The molecule has 1 unspecified atom stereocenters. The molecule has 0 aromatic heterocycles. The third-order valence-electron chi connectivity index (χ3n) is 4.19. The van der Waals surface area contributed by atoms with E-state index in [9.17, 15) is 4.79 Å². The van der Waals surface area contributed by atoms with Gasteiger partial charge in [0.1, 0.15) is 0 Å². The van der Waals surface area contributed by atoms with Crippen molar-refractivity contribution in [1.29, 1.82) is 0 Å². The van der Waals surface area contributed by atoms with Gasteiger partial charge in [-0.2, -0.15) is 0 Å². The Bertz CT molecular complexity index is 685. The van der Waals surface area contributed by atoms with Gasteiger partial charge in [0.25, 0.3) is 0 Å². The molecule has 22 heavy (non-hydrogen) atoms. The van der Waals surface area contributed by atoms with Gasteiger partial charge in [0.2, 0.25) is 0 Å². The molecule has 3 nitrogen and oxygen atoms in total. The average Bonchev–Trinajstić information content (AvgIpc) is 2.53. The quantitative estimate of drug-likeness (QED) is 0.679. The van der Waals surface area contributed by atoms with E-state index in [4.69, 9.17) is 10.5 Å². The standard InChI is InChI=1S/C18H19NO2.ClH/c1-21-18(20)15-8-6-12-5-7-14(9-16(12)10-15)13-3-2-4-17(19)11-13;/h2-5,7,9,11,15H,6,8,10,19H2,1H3;1H. The van der Waals surface area contributed by atoms with Crippen LogP contribution >= 0.6 is 12.4 Å². The summed E-state index contributed by atoms with van der Waals surface area (Å²) in [5.74, 6) is -0.117. The van der Waals surface area contributed by atoms with Gasteiger partial charge in [0, 0.05) is 5.69 Å². The lowest BCUT2D eigenvalue weighted by Crippen LogP contribution is -2.23. The third kappa shape index (κ3) is 3.25. The van der Waals surface area contributed by atoms with Gasteiger partial charge in [-0.25, -0.2) is 0 Å². The monoisotopic (exact) mass is 317 g/mol. The number of nitrogens with two attached hydrogens (primary N) is 1. The van der Waals surface area contributed by atoms with E-state index in [1.807, 2.05) is 18.2 Å². The number of hydrogen-bond acceptors (Lipinski definition) is 3. The van der Waals surface area contributed by atoms with Gasteiger partial charge in [-0.3, -0.25) is 4.79 Å². The first-order chi connectivity index (χ1) is 10.2. The Labute approximate surface area is 136 Å². The molecule has 0 spiro atoms. The van der Waals surface area contributed by atoms with Crippen LogP contribution in [0.25, 0.3) is 11.1 Å². The van der Waals surface area contributed by atoms with Crippen molar-refractivity contribution < 1.29 is 9.53 Å². The topological polar surface area (TPSA) is 52.3 Å². The van der Waals surface area contributed by atoms with Gasteiger partial charge >= 0.3 is 5.97 Å². The number of carbonyl (C=O) groups is 1. The van der Waals surface area contributed by atoms with Gasteiger partial charge in [-0.1, -0.05) is 30.3 Å². The summed E-state index contributed by atoms with van der Waals surface area (Å²) in [5, 5.41) is 0. The van der Waals surface area contributed by atoms with E-state index < -0.39 is 0 Å². The van der Waals surface area contributed by atoms with Crippen LogP contribution in [0.5, 0.6) is 0 Å². The van der Waals surface area contributed by atoms with Crippen LogP contribution in [0, 0.1) is 5.92 Å². The van der Waals surface area contributed by atoms with Crippen LogP contribution in [0.15, 0.2) is 42.5 Å². The van der Waals surface area contributed by atoms with Gasteiger partial charge in [0.15, 0.2) is 0 Å². The molecule has 4 heteroatoms. The van der Waals surface area contributed by atoms with Crippen molar-refractivity contribution in [3.63, 3.8) is 0 Å². The minimum absolute atomic E-state index is 0. The molecule has 116 valence electrons. The fourth-order valence-electron chi connectivity index (χ4n) is 3.02. The number of anilines is 1. The second kappa shape index (κ2) is 6.84. The molecular weight excluding hydrogens is 298 g/mol. The molecule has 2 aromatic carbocycles. The smallest absolute Gasteiger partial charge is 0.309 e. The molecule has 2 aromatic rings. The summed E-state index contributed by atoms with van der Waals surface area (Å²) in [7, 11) is 1.46. The largest absolute Gasteiger partial charge is 0.469 e. The third-order valence-corrected chi connectivity index (χ3v) is 4.19. The molecule has 1 aliphatic rings. The predicted molar refractivity (Wildman–Crippen MR) is 91.1 cm³/mol. The second-order valence-electron chi connectivity index (χ2n) is 5.57. The number of halogens is 1. The summed E-state index contributed by atoms with van der Waals surface area (Å²) in [6, 6.07) is 14.4. The highest BCUT2D eigenvalue weighted by molar-refractivity contribution is 5.85. The Hall–Kier alpha value is -2.00. The van der Waals surface area contributed by atoms with Gasteiger partial charge < -0.3 is 10.5 Å². The molecular formula is C18H20ClNO2. The fourth-order valence-corrected chi connectivity index (χ4v) is 3.02. The zero-order valence-electron chi connectivity index (χ0n) is 12.5. The van der Waals surface area contributed by atoms with E-state index in [-0.39, 0.29) is 24.3 Å². The Morgan fingerprint density at radius 3 is 2.64 bits per heavy atom. The van der Waals surface area contributed by atoms with Crippen molar-refractivity contribution in [3.05, 3.63) is 53.6 Å². The minimum Gasteiger partial charge on any atom is -0.469 e. The lowest BCUT2D eigenvalue weighted by Gasteiger charge is -2.23. The van der Waals surface area contributed by atoms with E-state index in [0.29, 0.717) is 0 Å². The van der Waals surface area contributed by atoms with Crippen molar-refractivity contribution in [3.8, 4) is 11.1 Å². The summed E-state index contributed by atoms with van der Waals surface area (Å²) >= 11 is 0. The molecule has 0 saturated carbocycles. The Morgan fingerprint density at radius 2 is 1.91 bits per heavy atom. The number of nitrogen functional groups attached to an aromatic ring is 1.